The van der Waals surface area contributed by atoms with E-state index in [2.05, 4.69) is 4.98 Å². The Balaban J connectivity index is 1.98. The van der Waals surface area contributed by atoms with E-state index in [1.165, 1.54) is 12.1 Å². The molecule has 1 saturated heterocycles. The Morgan fingerprint density at radius 1 is 1.24 bits per heavy atom. The van der Waals surface area contributed by atoms with E-state index in [9.17, 15) is 4.39 Å². The molecule has 3 aromatic rings. The van der Waals surface area contributed by atoms with Gasteiger partial charge in [-0.05, 0) is 36.8 Å². The van der Waals surface area contributed by atoms with Gasteiger partial charge in [0.15, 0.2) is 5.65 Å². The van der Waals surface area contributed by atoms with Gasteiger partial charge in [0.25, 0.3) is 0 Å². The quantitative estimate of drug-likeness (QED) is 0.725. The largest absolute Gasteiger partial charge is 0.381 e. The Kier molecular flexibility index (Phi) is 2.93. The van der Waals surface area contributed by atoms with Gasteiger partial charge in [-0.2, -0.15) is 0 Å². The molecule has 0 bridgehead atoms. The number of pyridine rings is 1. The van der Waals surface area contributed by atoms with Crippen LogP contribution < -0.4 is 0 Å². The Morgan fingerprint density at radius 3 is 3.00 bits per heavy atom. The van der Waals surface area contributed by atoms with Crippen molar-refractivity contribution < 1.29 is 9.13 Å². The Morgan fingerprint density at radius 2 is 2.19 bits per heavy atom. The average molecular weight is 283 g/mol. The summed E-state index contributed by atoms with van der Waals surface area (Å²) in [5, 5.41) is 0. The highest BCUT2D eigenvalue weighted by Crippen LogP contribution is 2.30. The molecule has 1 unspecified atom stereocenters. The molecule has 2 aromatic heterocycles. The zero-order chi connectivity index (χ0) is 14.2. The van der Waals surface area contributed by atoms with Gasteiger partial charge < -0.3 is 4.74 Å². The maximum atomic E-state index is 13.6. The molecule has 0 radical (unpaired) electrons. The van der Waals surface area contributed by atoms with Gasteiger partial charge in [-0.25, -0.2) is 14.4 Å². The highest BCUT2D eigenvalue weighted by atomic mass is 19.1. The van der Waals surface area contributed by atoms with E-state index in [4.69, 9.17) is 9.72 Å². The fraction of sp³-hybridized carbons (Fsp3) is 0.250. The third-order valence-corrected chi connectivity index (χ3v) is 3.80. The van der Waals surface area contributed by atoms with Gasteiger partial charge in [-0.3, -0.25) is 4.57 Å². The molecule has 3 heterocycles. The van der Waals surface area contributed by atoms with Crippen molar-refractivity contribution in [1.82, 2.24) is 14.5 Å². The number of benzene rings is 1. The van der Waals surface area contributed by atoms with Crippen LogP contribution in [0.25, 0.3) is 16.9 Å². The molecular weight excluding hydrogens is 269 g/mol. The van der Waals surface area contributed by atoms with E-state index in [0.29, 0.717) is 6.61 Å². The van der Waals surface area contributed by atoms with Crippen LogP contribution in [-0.4, -0.2) is 27.7 Å². The summed E-state index contributed by atoms with van der Waals surface area (Å²) < 4.78 is 21.0. The van der Waals surface area contributed by atoms with Gasteiger partial charge in [0, 0.05) is 18.7 Å². The molecule has 5 heteroatoms. The van der Waals surface area contributed by atoms with Crippen molar-refractivity contribution in [2.24, 2.45) is 0 Å². The molecule has 1 fully saturated rings. The molecule has 4 nitrogen and oxygen atoms in total. The van der Waals surface area contributed by atoms with Crippen LogP contribution in [0, 0.1) is 5.82 Å². The molecule has 0 saturated carbocycles. The molecule has 1 aliphatic heterocycles. The number of hydrogen-bond acceptors (Lipinski definition) is 3. The minimum atomic E-state index is -0.265. The van der Waals surface area contributed by atoms with Crippen LogP contribution in [0.1, 0.15) is 18.2 Å². The highest BCUT2D eigenvalue weighted by Gasteiger charge is 2.25. The number of ether oxygens (including phenoxy) is 1. The maximum absolute atomic E-state index is 13.6. The lowest BCUT2D eigenvalue weighted by atomic mass is 10.1. The number of halogens is 1. The van der Waals surface area contributed by atoms with Gasteiger partial charge in [-0.15, -0.1) is 0 Å². The van der Waals surface area contributed by atoms with Gasteiger partial charge in [0.05, 0.1) is 12.3 Å². The lowest BCUT2D eigenvalue weighted by molar-refractivity contribution is 0.193. The summed E-state index contributed by atoms with van der Waals surface area (Å²) in [4.78, 5) is 9.12. The van der Waals surface area contributed by atoms with Gasteiger partial charge >= 0.3 is 0 Å². The second kappa shape index (κ2) is 4.93. The molecule has 0 N–H and O–H groups in total. The molecule has 0 aliphatic carbocycles. The van der Waals surface area contributed by atoms with E-state index >= 15 is 0 Å². The SMILES string of the molecule is Fc1cccc(-n2c(C3CCOC3)nc3cccnc32)c1. The fourth-order valence-corrected chi connectivity index (χ4v) is 2.81. The Labute approximate surface area is 121 Å². The number of imidazole rings is 1. The second-order valence-electron chi connectivity index (χ2n) is 5.19. The second-order valence-corrected chi connectivity index (χ2v) is 5.19. The van der Waals surface area contributed by atoms with E-state index < -0.39 is 0 Å². The molecule has 1 atom stereocenters. The molecule has 106 valence electrons. The van der Waals surface area contributed by atoms with Crippen molar-refractivity contribution in [2.75, 3.05) is 13.2 Å². The minimum Gasteiger partial charge on any atom is -0.381 e. The first-order valence-electron chi connectivity index (χ1n) is 7.00. The van der Waals surface area contributed by atoms with Crippen LogP contribution >= 0.6 is 0 Å². The van der Waals surface area contributed by atoms with E-state index in [0.717, 1.165) is 35.7 Å². The topological polar surface area (TPSA) is 39.9 Å². The first kappa shape index (κ1) is 12.5. The summed E-state index contributed by atoms with van der Waals surface area (Å²) in [6.45, 7) is 1.39. The zero-order valence-electron chi connectivity index (χ0n) is 11.4. The fourth-order valence-electron chi connectivity index (χ4n) is 2.81. The summed E-state index contributed by atoms with van der Waals surface area (Å²) in [7, 11) is 0. The van der Waals surface area contributed by atoms with Crippen molar-refractivity contribution in [2.45, 2.75) is 12.3 Å². The summed E-state index contributed by atoms with van der Waals surface area (Å²) in [6, 6.07) is 10.3. The first-order valence-corrected chi connectivity index (χ1v) is 7.00. The number of nitrogens with zero attached hydrogens (tertiary/aromatic N) is 3. The van der Waals surface area contributed by atoms with Gasteiger partial charge in [0.1, 0.15) is 17.2 Å². The minimum absolute atomic E-state index is 0.225. The van der Waals surface area contributed by atoms with Gasteiger partial charge in [0.2, 0.25) is 0 Å². The Bertz CT molecular complexity index is 793. The van der Waals surface area contributed by atoms with Crippen LogP contribution in [0.5, 0.6) is 0 Å². The molecular formula is C16H14FN3O. The monoisotopic (exact) mass is 283 g/mol. The maximum Gasteiger partial charge on any atom is 0.164 e. The molecule has 0 amide bonds. The third kappa shape index (κ3) is 2.10. The van der Waals surface area contributed by atoms with Crippen LogP contribution in [0.3, 0.4) is 0 Å². The molecule has 1 aromatic carbocycles. The van der Waals surface area contributed by atoms with Crippen LogP contribution in [-0.2, 0) is 4.74 Å². The van der Waals surface area contributed by atoms with Crippen LogP contribution in [0.2, 0.25) is 0 Å². The van der Waals surface area contributed by atoms with E-state index in [-0.39, 0.29) is 11.7 Å². The molecule has 4 rings (SSSR count). The van der Waals surface area contributed by atoms with Crippen molar-refractivity contribution in [3.8, 4) is 5.69 Å². The summed E-state index contributed by atoms with van der Waals surface area (Å²) in [5.41, 5.74) is 2.33. The molecule has 21 heavy (non-hydrogen) atoms. The lowest BCUT2D eigenvalue weighted by Gasteiger charge is -2.12. The van der Waals surface area contributed by atoms with Crippen molar-refractivity contribution in [3.63, 3.8) is 0 Å². The number of aromatic nitrogens is 3. The van der Waals surface area contributed by atoms with Gasteiger partial charge in [-0.1, -0.05) is 6.07 Å². The number of hydrogen-bond donors (Lipinski definition) is 0. The highest BCUT2D eigenvalue weighted by molar-refractivity contribution is 5.74. The number of fused-ring (bicyclic) bond motifs is 1. The standard InChI is InChI=1S/C16H14FN3O/c17-12-3-1-4-13(9-12)20-15(11-6-8-21-10-11)19-14-5-2-7-18-16(14)20/h1-5,7,9,11H,6,8,10H2. The van der Waals surface area contributed by atoms with Crippen molar-refractivity contribution in [3.05, 3.63) is 54.2 Å². The van der Waals surface area contributed by atoms with Crippen LogP contribution in [0.15, 0.2) is 42.6 Å². The van der Waals surface area contributed by atoms with Crippen LogP contribution in [0.4, 0.5) is 4.39 Å². The normalized spacial score (nSPS) is 18.4. The Hall–Kier alpha value is -2.27. The molecule has 1 aliphatic rings. The number of rotatable bonds is 2. The first-order chi connectivity index (χ1) is 10.3. The van der Waals surface area contributed by atoms with E-state index in [1.807, 2.05) is 22.8 Å². The lowest BCUT2D eigenvalue weighted by Crippen LogP contribution is -2.08. The predicted octanol–water partition coefficient (Wildman–Crippen LogP) is 3.06. The van der Waals surface area contributed by atoms with E-state index in [1.54, 1.807) is 12.3 Å². The smallest absolute Gasteiger partial charge is 0.164 e. The summed E-state index contributed by atoms with van der Waals surface area (Å²) in [5.74, 6) is 0.855. The average Bonchev–Trinajstić information content (AvgIpc) is 3.14. The summed E-state index contributed by atoms with van der Waals surface area (Å²) in [6.07, 6.45) is 2.66. The molecule has 0 spiro atoms. The summed E-state index contributed by atoms with van der Waals surface area (Å²) >= 11 is 0. The zero-order valence-corrected chi connectivity index (χ0v) is 11.4. The van der Waals surface area contributed by atoms with Crippen molar-refractivity contribution in [1.29, 1.82) is 0 Å². The predicted molar refractivity (Wildman–Crippen MR) is 77.0 cm³/mol. The third-order valence-electron chi connectivity index (χ3n) is 3.80. The van der Waals surface area contributed by atoms with Crippen molar-refractivity contribution >= 4 is 11.2 Å².